The van der Waals surface area contributed by atoms with E-state index >= 15 is 0 Å². The predicted octanol–water partition coefficient (Wildman–Crippen LogP) is 5.60. The van der Waals surface area contributed by atoms with E-state index in [0.717, 1.165) is 53.6 Å². The van der Waals surface area contributed by atoms with Gasteiger partial charge in [0.05, 0.1) is 11.4 Å². The Morgan fingerprint density at radius 3 is 2.46 bits per heavy atom. The van der Waals surface area contributed by atoms with Crippen LogP contribution in [-0.2, 0) is 12.8 Å². The standard InChI is InChI=1S/C21H27FN2/c1-3-19-12-13-21(24-23-19)18-11-10-17(20(22)14-18)9-8-16-6-4-15(2)5-7-16/h10-16H,3-9H2,1-2H3. The number of halogens is 1. The van der Waals surface area contributed by atoms with Crippen molar-refractivity contribution in [1.82, 2.24) is 10.2 Å². The minimum absolute atomic E-state index is 0.113. The average molecular weight is 326 g/mol. The van der Waals surface area contributed by atoms with Crippen LogP contribution in [0.3, 0.4) is 0 Å². The monoisotopic (exact) mass is 326 g/mol. The molecule has 0 saturated heterocycles. The van der Waals surface area contributed by atoms with E-state index < -0.39 is 0 Å². The Morgan fingerprint density at radius 1 is 1.04 bits per heavy atom. The van der Waals surface area contributed by atoms with Gasteiger partial charge in [-0.1, -0.05) is 51.7 Å². The van der Waals surface area contributed by atoms with Crippen molar-refractivity contribution >= 4 is 0 Å². The van der Waals surface area contributed by atoms with Crippen molar-refractivity contribution in [2.45, 2.75) is 58.8 Å². The highest BCUT2D eigenvalue weighted by Gasteiger charge is 2.18. The fourth-order valence-electron chi connectivity index (χ4n) is 3.59. The summed E-state index contributed by atoms with van der Waals surface area (Å²) in [6.07, 6.45) is 8.08. The highest BCUT2D eigenvalue weighted by molar-refractivity contribution is 5.59. The smallest absolute Gasteiger partial charge is 0.127 e. The fraction of sp³-hybridized carbons (Fsp3) is 0.524. The molecule has 1 aliphatic carbocycles. The molecule has 0 atom stereocenters. The highest BCUT2D eigenvalue weighted by Crippen LogP contribution is 2.31. The zero-order valence-corrected chi connectivity index (χ0v) is 14.8. The van der Waals surface area contributed by atoms with Crippen molar-refractivity contribution in [3.8, 4) is 11.3 Å². The Morgan fingerprint density at radius 2 is 1.83 bits per heavy atom. The van der Waals surface area contributed by atoms with Crippen molar-refractivity contribution in [1.29, 1.82) is 0 Å². The molecule has 1 aromatic carbocycles. The van der Waals surface area contributed by atoms with Crippen LogP contribution in [0.15, 0.2) is 30.3 Å². The maximum atomic E-state index is 14.4. The van der Waals surface area contributed by atoms with Crippen molar-refractivity contribution in [3.05, 3.63) is 47.4 Å². The molecule has 24 heavy (non-hydrogen) atoms. The number of aromatic nitrogens is 2. The molecule has 1 saturated carbocycles. The molecule has 1 heterocycles. The average Bonchev–Trinajstić information content (AvgIpc) is 2.62. The first-order valence-corrected chi connectivity index (χ1v) is 9.27. The molecule has 0 amide bonds. The third kappa shape index (κ3) is 4.19. The minimum Gasteiger partial charge on any atom is -0.207 e. The maximum Gasteiger partial charge on any atom is 0.127 e. The third-order valence-corrected chi connectivity index (χ3v) is 5.39. The molecule has 2 nitrogen and oxygen atoms in total. The first-order valence-electron chi connectivity index (χ1n) is 9.27. The summed E-state index contributed by atoms with van der Waals surface area (Å²) in [5, 5.41) is 8.36. The van der Waals surface area contributed by atoms with Crippen LogP contribution in [0.5, 0.6) is 0 Å². The van der Waals surface area contributed by atoms with E-state index in [0.29, 0.717) is 0 Å². The molecule has 0 spiro atoms. The van der Waals surface area contributed by atoms with E-state index in [-0.39, 0.29) is 5.82 Å². The molecule has 1 aliphatic rings. The Bertz CT molecular complexity index is 658. The molecule has 0 N–H and O–H groups in total. The molecule has 2 aromatic rings. The number of hydrogen-bond donors (Lipinski definition) is 0. The lowest BCUT2D eigenvalue weighted by atomic mass is 9.80. The van der Waals surface area contributed by atoms with Crippen molar-refractivity contribution in [3.63, 3.8) is 0 Å². The number of nitrogens with zero attached hydrogens (tertiary/aromatic N) is 2. The predicted molar refractivity (Wildman–Crippen MR) is 96.2 cm³/mol. The Labute approximate surface area is 144 Å². The van der Waals surface area contributed by atoms with Crippen LogP contribution < -0.4 is 0 Å². The van der Waals surface area contributed by atoms with E-state index in [1.165, 1.54) is 25.7 Å². The van der Waals surface area contributed by atoms with E-state index in [1.807, 2.05) is 31.2 Å². The zero-order chi connectivity index (χ0) is 16.9. The van der Waals surface area contributed by atoms with Gasteiger partial charge in [-0.2, -0.15) is 10.2 Å². The minimum atomic E-state index is -0.113. The molecule has 0 bridgehead atoms. The van der Waals surface area contributed by atoms with Crippen LogP contribution in [0.25, 0.3) is 11.3 Å². The lowest BCUT2D eigenvalue weighted by molar-refractivity contribution is 0.277. The van der Waals surface area contributed by atoms with Gasteiger partial charge >= 0.3 is 0 Å². The van der Waals surface area contributed by atoms with E-state index in [2.05, 4.69) is 17.1 Å². The van der Waals surface area contributed by atoms with Gasteiger partial charge in [0, 0.05) is 5.56 Å². The molecule has 0 aliphatic heterocycles. The summed E-state index contributed by atoms with van der Waals surface area (Å²) in [5.74, 6) is 1.53. The molecular formula is C21H27FN2. The summed E-state index contributed by atoms with van der Waals surface area (Å²) < 4.78 is 14.4. The van der Waals surface area contributed by atoms with Crippen LogP contribution in [-0.4, -0.2) is 10.2 Å². The first-order chi connectivity index (χ1) is 11.7. The SMILES string of the molecule is CCc1ccc(-c2ccc(CCC3CCC(C)CC3)c(F)c2)nn1. The van der Waals surface area contributed by atoms with Gasteiger partial charge in [-0.25, -0.2) is 4.39 Å². The van der Waals surface area contributed by atoms with Crippen LogP contribution >= 0.6 is 0 Å². The van der Waals surface area contributed by atoms with Crippen LogP contribution in [0.1, 0.15) is 57.2 Å². The second-order valence-electron chi connectivity index (χ2n) is 7.23. The number of hydrogen-bond acceptors (Lipinski definition) is 2. The summed E-state index contributed by atoms with van der Waals surface area (Å²) in [6.45, 7) is 4.38. The van der Waals surface area contributed by atoms with Crippen LogP contribution in [0, 0.1) is 17.7 Å². The first kappa shape index (κ1) is 17.1. The van der Waals surface area contributed by atoms with Crippen molar-refractivity contribution in [2.75, 3.05) is 0 Å². The number of benzene rings is 1. The summed E-state index contributed by atoms with van der Waals surface area (Å²) in [4.78, 5) is 0. The largest absolute Gasteiger partial charge is 0.207 e. The van der Waals surface area contributed by atoms with Gasteiger partial charge in [-0.15, -0.1) is 0 Å². The van der Waals surface area contributed by atoms with E-state index in [1.54, 1.807) is 6.07 Å². The number of rotatable bonds is 5. The van der Waals surface area contributed by atoms with Crippen molar-refractivity contribution < 1.29 is 4.39 Å². The fourth-order valence-corrected chi connectivity index (χ4v) is 3.59. The molecule has 1 aromatic heterocycles. The van der Waals surface area contributed by atoms with Gasteiger partial charge in [0.25, 0.3) is 0 Å². The summed E-state index contributed by atoms with van der Waals surface area (Å²) in [5.41, 5.74) is 3.32. The van der Waals surface area contributed by atoms with Gasteiger partial charge in [-0.05, 0) is 54.9 Å². The number of aryl methyl sites for hydroxylation is 2. The third-order valence-electron chi connectivity index (χ3n) is 5.39. The lowest BCUT2D eigenvalue weighted by Crippen LogP contribution is -2.13. The molecule has 0 unspecified atom stereocenters. The van der Waals surface area contributed by atoms with Crippen LogP contribution in [0.4, 0.5) is 4.39 Å². The second kappa shape index (κ2) is 7.87. The summed E-state index contributed by atoms with van der Waals surface area (Å²) in [6, 6.07) is 9.37. The summed E-state index contributed by atoms with van der Waals surface area (Å²) >= 11 is 0. The van der Waals surface area contributed by atoms with Crippen LogP contribution in [0.2, 0.25) is 0 Å². The van der Waals surface area contributed by atoms with Gasteiger partial charge < -0.3 is 0 Å². The zero-order valence-electron chi connectivity index (χ0n) is 14.8. The lowest BCUT2D eigenvalue weighted by Gasteiger charge is -2.26. The van der Waals surface area contributed by atoms with Gasteiger partial charge in [0.15, 0.2) is 0 Å². The van der Waals surface area contributed by atoms with Crippen molar-refractivity contribution in [2.24, 2.45) is 11.8 Å². The van der Waals surface area contributed by atoms with E-state index in [4.69, 9.17) is 0 Å². The Balaban J connectivity index is 1.63. The summed E-state index contributed by atoms with van der Waals surface area (Å²) in [7, 11) is 0. The molecule has 128 valence electrons. The highest BCUT2D eigenvalue weighted by atomic mass is 19.1. The molecule has 3 heteroatoms. The molecule has 0 radical (unpaired) electrons. The molecule has 3 rings (SSSR count). The van der Waals surface area contributed by atoms with E-state index in [9.17, 15) is 4.39 Å². The Kier molecular flexibility index (Phi) is 5.60. The van der Waals surface area contributed by atoms with Gasteiger partial charge in [0.1, 0.15) is 5.82 Å². The molecular weight excluding hydrogens is 299 g/mol. The second-order valence-corrected chi connectivity index (χ2v) is 7.23. The van der Waals surface area contributed by atoms with Gasteiger partial charge in [-0.3, -0.25) is 0 Å². The maximum absolute atomic E-state index is 14.4. The van der Waals surface area contributed by atoms with Gasteiger partial charge in [0.2, 0.25) is 0 Å². The molecule has 1 fully saturated rings. The Hall–Kier alpha value is -1.77. The normalized spacial score (nSPS) is 21.0. The quantitative estimate of drug-likeness (QED) is 0.714. The topological polar surface area (TPSA) is 25.8 Å².